The highest BCUT2D eigenvalue weighted by Crippen LogP contribution is 2.36. The summed E-state index contributed by atoms with van der Waals surface area (Å²) in [5.41, 5.74) is 10.5. The number of H-pyrrole nitrogens is 1. The van der Waals surface area contributed by atoms with Gasteiger partial charge in [-0.3, -0.25) is 5.10 Å². The van der Waals surface area contributed by atoms with Crippen molar-refractivity contribution in [3.05, 3.63) is 101 Å². The summed E-state index contributed by atoms with van der Waals surface area (Å²) in [7, 11) is 0. The molecule has 0 spiro atoms. The van der Waals surface area contributed by atoms with Crippen LogP contribution >= 0.6 is 11.3 Å². The molecule has 162 valence electrons. The van der Waals surface area contributed by atoms with E-state index in [4.69, 9.17) is 5.11 Å². The van der Waals surface area contributed by atoms with E-state index in [-0.39, 0.29) is 0 Å². The third-order valence-corrected chi connectivity index (χ3v) is 6.47. The Bertz CT molecular complexity index is 1520. The average molecular weight is 452 g/mol. The number of aromatic amines is 1. The van der Waals surface area contributed by atoms with Gasteiger partial charge in [-0.15, -0.1) is 11.3 Å². The Labute approximate surface area is 194 Å². The van der Waals surface area contributed by atoms with E-state index in [1.54, 1.807) is 17.4 Å². The fraction of sp³-hybridized carbons (Fsp3) is 0.0741. The summed E-state index contributed by atoms with van der Waals surface area (Å²) in [6.45, 7) is 2.17. The van der Waals surface area contributed by atoms with E-state index in [9.17, 15) is 4.79 Å². The second-order valence-corrected chi connectivity index (χ2v) is 8.59. The lowest BCUT2D eigenvalue weighted by Crippen LogP contribution is -1.95. The molecule has 0 atom stereocenters. The van der Waals surface area contributed by atoms with Crippen LogP contribution in [0.3, 0.4) is 0 Å². The number of benzene rings is 3. The topological polar surface area (TPSA) is 78.9 Å². The molecule has 0 aliphatic rings. The van der Waals surface area contributed by atoms with Crippen molar-refractivity contribution in [3.63, 3.8) is 0 Å². The zero-order valence-electron chi connectivity index (χ0n) is 17.9. The van der Waals surface area contributed by atoms with Crippen LogP contribution in [-0.2, 0) is 4.79 Å². The third-order valence-electron chi connectivity index (χ3n) is 5.68. The molecule has 0 fully saturated rings. The minimum Gasteiger partial charge on any atom is -0.478 e. The Morgan fingerprint density at radius 1 is 1.03 bits per heavy atom. The van der Waals surface area contributed by atoms with Gasteiger partial charge >= 0.3 is 5.97 Å². The van der Waals surface area contributed by atoms with Crippen molar-refractivity contribution < 1.29 is 9.90 Å². The number of aromatic nitrogens is 3. The third kappa shape index (κ3) is 4.21. The maximum atomic E-state index is 10.9. The number of aliphatic carboxylic acids is 1. The van der Waals surface area contributed by atoms with Gasteiger partial charge in [-0.2, -0.15) is 5.10 Å². The minimum atomic E-state index is -0.959. The number of carboxylic acids is 1. The van der Waals surface area contributed by atoms with E-state index in [0.717, 1.165) is 55.9 Å². The van der Waals surface area contributed by atoms with E-state index in [2.05, 4.69) is 70.6 Å². The Morgan fingerprint density at radius 2 is 1.82 bits per heavy atom. The summed E-state index contributed by atoms with van der Waals surface area (Å²) in [5.74, 6) is -0.959. The van der Waals surface area contributed by atoms with Crippen molar-refractivity contribution in [2.75, 3.05) is 0 Å². The Kier molecular flexibility index (Phi) is 5.59. The molecule has 0 bridgehead atoms. The largest absolute Gasteiger partial charge is 0.478 e. The molecule has 3 aromatic carbocycles. The van der Waals surface area contributed by atoms with E-state index >= 15 is 0 Å². The van der Waals surface area contributed by atoms with Crippen LogP contribution in [0.5, 0.6) is 0 Å². The van der Waals surface area contributed by atoms with Crippen molar-refractivity contribution in [1.29, 1.82) is 0 Å². The van der Waals surface area contributed by atoms with Gasteiger partial charge in [0.1, 0.15) is 0 Å². The van der Waals surface area contributed by atoms with Crippen LogP contribution in [-0.4, -0.2) is 26.3 Å². The van der Waals surface area contributed by atoms with E-state index < -0.39 is 5.97 Å². The van der Waals surface area contributed by atoms with Crippen LogP contribution in [0.15, 0.2) is 78.4 Å². The van der Waals surface area contributed by atoms with Crippen LogP contribution in [0.4, 0.5) is 0 Å². The molecule has 5 nitrogen and oxygen atoms in total. The van der Waals surface area contributed by atoms with E-state index in [0.29, 0.717) is 0 Å². The summed E-state index contributed by atoms with van der Waals surface area (Å²) in [4.78, 5) is 15.3. The second kappa shape index (κ2) is 8.84. The van der Waals surface area contributed by atoms with Crippen LogP contribution in [0.25, 0.3) is 38.3 Å². The van der Waals surface area contributed by atoms with Gasteiger partial charge in [0.25, 0.3) is 0 Å². The maximum absolute atomic E-state index is 10.9. The summed E-state index contributed by atoms with van der Waals surface area (Å²) in [5, 5.41) is 17.2. The fourth-order valence-corrected chi connectivity index (χ4v) is 4.83. The van der Waals surface area contributed by atoms with Crippen molar-refractivity contribution in [2.45, 2.75) is 13.3 Å². The standard InChI is InChI=1S/C27H21N3O2S/c1-2-22(19-8-11-24-25(14-19)33-16-28-24)27(20-9-10-23-21(13-20)15-29-30-23)18-6-3-17(4-7-18)5-12-26(31)32/h3-16H,2H2,1H3,(H,29,30)(H,31,32). The number of nitrogens with one attached hydrogen (secondary N) is 1. The monoisotopic (exact) mass is 451 g/mol. The predicted octanol–water partition coefficient (Wildman–Crippen LogP) is 6.64. The lowest BCUT2D eigenvalue weighted by Gasteiger charge is -2.17. The highest BCUT2D eigenvalue weighted by atomic mass is 32.1. The molecule has 2 heterocycles. The quantitative estimate of drug-likeness (QED) is 0.224. The molecule has 0 saturated heterocycles. The van der Waals surface area contributed by atoms with Crippen LogP contribution in [0.1, 0.15) is 35.6 Å². The van der Waals surface area contributed by atoms with Gasteiger partial charge in [-0.1, -0.05) is 43.3 Å². The number of thiazole rings is 1. The zero-order valence-corrected chi connectivity index (χ0v) is 18.8. The average Bonchev–Trinajstić information content (AvgIpc) is 3.50. The van der Waals surface area contributed by atoms with E-state index in [1.807, 2.05) is 23.8 Å². The van der Waals surface area contributed by atoms with Gasteiger partial charge < -0.3 is 5.11 Å². The van der Waals surface area contributed by atoms with E-state index in [1.165, 1.54) is 11.1 Å². The zero-order chi connectivity index (χ0) is 22.8. The number of allylic oxidation sites excluding steroid dienone is 1. The van der Waals surface area contributed by atoms with Crippen LogP contribution in [0.2, 0.25) is 0 Å². The molecule has 5 aromatic rings. The predicted molar refractivity (Wildman–Crippen MR) is 135 cm³/mol. The molecular formula is C27H21N3O2S. The lowest BCUT2D eigenvalue weighted by molar-refractivity contribution is -0.131. The van der Waals surface area contributed by atoms with Crippen LogP contribution < -0.4 is 0 Å². The summed E-state index contributed by atoms with van der Waals surface area (Å²) < 4.78 is 1.16. The molecule has 0 saturated carbocycles. The minimum absolute atomic E-state index is 0.843. The molecular weight excluding hydrogens is 430 g/mol. The fourth-order valence-electron chi connectivity index (χ4n) is 4.11. The summed E-state index contributed by atoms with van der Waals surface area (Å²) in [6.07, 6.45) is 5.45. The first-order valence-corrected chi connectivity index (χ1v) is 11.5. The number of rotatable bonds is 6. The first-order valence-electron chi connectivity index (χ1n) is 10.6. The molecule has 0 aliphatic heterocycles. The second-order valence-electron chi connectivity index (χ2n) is 7.71. The smallest absolute Gasteiger partial charge is 0.328 e. The maximum Gasteiger partial charge on any atom is 0.328 e. The van der Waals surface area contributed by atoms with Crippen LogP contribution in [0, 0.1) is 0 Å². The first kappa shape index (κ1) is 20.8. The molecule has 2 aromatic heterocycles. The SMILES string of the molecule is CCC(=C(c1ccc(C=CC(=O)O)cc1)c1ccc2[nH]ncc2c1)c1ccc2ncsc2c1. The van der Waals surface area contributed by atoms with Gasteiger partial charge in [-0.05, 0) is 70.2 Å². The number of hydrogen-bond acceptors (Lipinski definition) is 4. The number of fused-ring (bicyclic) bond motifs is 2. The number of hydrogen-bond donors (Lipinski definition) is 2. The number of carboxylic acid groups (broad SMARTS) is 1. The Balaban J connectivity index is 1.71. The van der Waals surface area contributed by atoms with Crippen molar-refractivity contribution in [1.82, 2.24) is 15.2 Å². The molecule has 0 radical (unpaired) electrons. The van der Waals surface area contributed by atoms with Crippen molar-refractivity contribution >= 4 is 55.6 Å². The number of carbonyl (C=O) groups is 1. The normalized spacial score (nSPS) is 12.5. The molecule has 0 unspecified atom stereocenters. The first-order chi connectivity index (χ1) is 16.1. The molecule has 6 heteroatoms. The number of nitrogens with zero attached hydrogens (tertiary/aromatic N) is 2. The summed E-state index contributed by atoms with van der Waals surface area (Å²) in [6, 6.07) is 20.8. The Hall–Kier alpha value is -4.03. The molecule has 2 N–H and O–H groups in total. The summed E-state index contributed by atoms with van der Waals surface area (Å²) >= 11 is 1.64. The highest BCUT2D eigenvalue weighted by molar-refractivity contribution is 7.16. The molecule has 5 rings (SSSR count). The van der Waals surface area contributed by atoms with Gasteiger partial charge in [0, 0.05) is 11.5 Å². The molecule has 0 amide bonds. The van der Waals surface area contributed by atoms with Crippen molar-refractivity contribution in [2.24, 2.45) is 0 Å². The van der Waals surface area contributed by atoms with Gasteiger partial charge in [0.05, 0.1) is 27.4 Å². The highest BCUT2D eigenvalue weighted by Gasteiger charge is 2.15. The van der Waals surface area contributed by atoms with Gasteiger partial charge in [-0.25, -0.2) is 9.78 Å². The lowest BCUT2D eigenvalue weighted by atomic mass is 9.87. The Morgan fingerprint density at radius 3 is 2.61 bits per heavy atom. The molecule has 33 heavy (non-hydrogen) atoms. The van der Waals surface area contributed by atoms with Gasteiger partial charge in [0.15, 0.2) is 0 Å². The van der Waals surface area contributed by atoms with Gasteiger partial charge in [0.2, 0.25) is 0 Å². The van der Waals surface area contributed by atoms with Crippen molar-refractivity contribution in [3.8, 4) is 0 Å². The molecule has 0 aliphatic carbocycles.